The number of hydrogen-bond donors (Lipinski definition) is 3. The van der Waals surface area contributed by atoms with Gasteiger partial charge in [-0.3, -0.25) is 14.3 Å². The summed E-state index contributed by atoms with van der Waals surface area (Å²) in [6.45, 7) is 9.67. The van der Waals surface area contributed by atoms with Crippen LogP contribution in [0.15, 0.2) is 15.8 Å². The number of hydrogen-bond acceptors (Lipinski definition) is 3. The second kappa shape index (κ2) is 5.86. The van der Waals surface area contributed by atoms with Gasteiger partial charge in [-0.1, -0.05) is 0 Å². The van der Waals surface area contributed by atoms with E-state index in [4.69, 9.17) is 0 Å². The summed E-state index contributed by atoms with van der Waals surface area (Å²) >= 11 is 0. The Bertz CT molecular complexity index is 705. The highest BCUT2D eigenvalue weighted by molar-refractivity contribution is 5.74. The highest BCUT2D eigenvalue weighted by Gasteiger charge is 2.38. The van der Waals surface area contributed by atoms with E-state index in [2.05, 4.69) is 15.6 Å². The molecule has 2 amide bonds. The molecule has 1 saturated carbocycles. The maximum absolute atomic E-state index is 12.0. The second-order valence-electron chi connectivity index (χ2n) is 7.76. The number of H-pyrrole nitrogens is 1. The van der Waals surface area contributed by atoms with E-state index < -0.39 is 16.8 Å². The number of rotatable bonds is 4. The molecule has 128 valence electrons. The molecule has 0 radical (unpaired) electrons. The van der Waals surface area contributed by atoms with Crippen molar-refractivity contribution in [3.05, 3.63) is 32.6 Å². The molecule has 0 aromatic carbocycles. The summed E-state index contributed by atoms with van der Waals surface area (Å²) in [5, 5.41) is 5.62. The molecule has 23 heavy (non-hydrogen) atoms. The highest BCUT2D eigenvalue weighted by Crippen LogP contribution is 2.39. The molecule has 0 saturated heterocycles. The lowest BCUT2D eigenvalue weighted by Gasteiger charge is -2.26. The van der Waals surface area contributed by atoms with Crippen LogP contribution in [0.4, 0.5) is 4.79 Å². The third-order valence-corrected chi connectivity index (χ3v) is 4.21. The van der Waals surface area contributed by atoms with Gasteiger partial charge in [0, 0.05) is 17.3 Å². The maximum Gasteiger partial charge on any atom is 0.328 e. The molecule has 2 rings (SSSR count). The Morgan fingerprint density at radius 1 is 1.26 bits per heavy atom. The molecule has 7 heteroatoms. The third kappa shape index (κ3) is 4.24. The number of urea groups is 1. The van der Waals surface area contributed by atoms with Crippen molar-refractivity contribution < 1.29 is 4.79 Å². The largest absolute Gasteiger partial charge is 0.334 e. The highest BCUT2D eigenvalue weighted by atomic mass is 16.2. The van der Waals surface area contributed by atoms with Crippen molar-refractivity contribution in [3.8, 4) is 0 Å². The number of aromatic amines is 1. The van der Waals surface area contributed by atoms with Crippen LogP contribution >= 0.6 is 0 Å². The van der Waals surface area contributed by atoms with E-state index in [-0.39, 0.29) is 18.1 Å². The van der Waals surface area contributed by atoms with E-state index >= 15 is 0 Å². The van der Waals surface area contributed by atoms with E-state index in [1.54, 1.807) is 0 Å². The zero-order valence-electron chi connectivity index (χ0n) is 14.4. The molecule has 1 aromatic rings. The first-order valence-electron chi connectivity index (χ1n) is 7.92. The molecule has 7 nitrogen and oxygen atoms in total. The summed E-state index contributed by atoms with van der Waals surface area (Å²) in [6, 6.07) is -0.310. The molecule has 0 bridgehead atoms. The predicted molar refractivity (Wildman–Crippen MR) is 88.5 cm³/mol. The Labute approximate surface area is 135 Å². The fourth-order valence-electron chi connectivity index (χ4n) is 2.55. The Kier molecular flexibility index (Phi) is 4.41. The van der Waals surface area contributed by atoms with Gasteiger partial charge in [-0.05, 0) is 53.4 Å². The van der Waals surface area contributed by atoms with Crippen LogP contribution in [0.1, 0.15) is 53.0 Å². The van der Waals surface area contributed by atoms with Crippen LogP contribution in [0.2, 0.25) is 0 Å². The van der Waals surface area contributed by atoms with Crippen LogP contribution in [0, 0.1) is 5.92 Å². The fourth-order valence-corrected chi connectivity index (χ4v) is 2.55. The molecule has 1 aliphatic carbocycles. The average molecular weight is 322 g/mol. The standard InChI is InChI=1S/C16H26N4O3/c1-15(2,3)20-9-10(12(21)18-14(20)23)8-17-13(22)19-16(4,5)11-6-7-11/h9,11H,6-8H2,1-5H3,(H2,17,19,22)(H,18,21,23). The van der Waals surface area contributed by atoms with Gasteiger partial charge in [-0.2, -0.15) is 0 Å². The van der Waals surface area contributed by atoms with Gasteiger partial charge in [-0.15, -0.1) is 0 Å². The SMILES string of the molecule is CC(C)(NC(=O)NCc1cn(C(C)(C)C)c(=O)[nH]c1=O)C1CC1. The molecule has 1 fully saturated rings. The smallest absolute Gasteiger partial charge is 0.328 e. The first-order chi connectivity index (χ1) is 10.5. The molecule has 1 aliphatic rings. The monoisotopic (exact) mass is 322 g/mol. The Morgan fingerprint density at radius 2 is 1.87 bits per heavy atom. The van der Waals surface area contributed by atoms with Crippen LogP contribution in [0.25, 0.3) is 0 Å². The first kappa shape index (κ1) is 17.3. The van der Waals surface area contributed by atoms with Gasteiger partial charge >= 0.3 is 11.7 Å². The summed E-state index contributed by atoms with van der Waals surface area (Å²) in [5.41, 5.74) is -1.28. The average Bonchev–Trinajstić information content (AvgIpc) is 3.19. The van der Waals surface area contributed by atoms with E-state index in [1.165, 1.54) is 10.8 Å². The number of carbonyl (C=O) groups is 1. The van der Waals surface area contributed by atoms with Gasteiger partial charge < -0.3 is 10.6 Å². The van der Waals surface area contributed by atoms with Crippen LogP contribution in [-0.4, -0.2) is 21.1 Å². The molecule has 1 aromatic heterocycles. The van der Waals surface area contributed by atoms with Gasteiger partial charge in [0.25, 0.3) is 5.56 Å². The number of nitrogens with one attached hydrogen (secondary N) is 3. The minimum atomic E-state index is -0.475. The normalized spacial score (nSPS) is 15.3. The molecule has 0 atom stereocenters. The van der Waals surface area contributed by atoms with E-state index in [1.807, 2.05) is 34.6 Å². The number of aromatic nitrogens is 2. The van der Waals surface area contributed by atoms with Crippen molar-refractivity contribution in [2.24, 2.45) is 5.92 Å². The van der Waals surface area contributed by atoms with Crippen LogP contribution in [-0.2, 0) is 12.1 Å². The number of nitrogens with zero attached hydrogens (tertiary/aromatic N) is 1. The summed E-state index contributed by atoms with van der Waals surface area (Å²) in [4.78, 5) is 38.1. The first-order valence-corrected chi connectivity index (χ1v) is 7.92. The van der Waals surface area contributed by atoms with Gasteiger partial charge in [-0.25, -0.2) is 9.59 Å². The van der Waals surface area contributed by atoms with Crippen molar-refractivity contribution in [2.45, 2.75) is 65.1 Å². The van der Waals surface area contributed by atoms with Crippen LogP contribution in [0.5, 0.6) is 0 Å². The molecular weight excluding hydrogens is 296 g/mol. The van der Waals surface area contributed by atoms with Gasteiger partial charge in [0.15, 0.2) is 0 Å². The van der Waals surface area contributed by atoms with Crippen molar-refractivity contribution in [3.63, 3.8) is 0 Å². The fraction of sp³-hybridized carbons (Fsp3) is 0.688. The van der Waals surface area contributed by atoms with Crippen LogP contribution < -0.4 is 21.9 Å². The van der Waals surface area contributed by atoms with Crippen molar-refractivity contribution in [1.82, 2.24) is 20.2 Å². The molecular formula is C16H26N4O3. The van der Waals surface area contributed by atoms with Crippen molar-refractivity contribution >= 4 is 6.03 Å². The van der Waals surface area contributed by atoms with Gasteiger partial charge in [0.1, 0.15) is 0 Å². The molecule has 3 N–H and O–H groups in total. The van der Waals surface area contributed by atoms with Crippen LogP contribution in [0.3, 0.4) is 0 Å². The zero-order chi connectivity index (χ0) is 17.4. The summed E-state index contributed by atoms with van der Waals surface area (Å²) in [7, 11) is 0. The minimum absolute atomic E-state index is 0.0677. The lowest BCUT2D eigenvalue weighted by Crippen LogP contribution is -2.50. The number of amides is 2. The topological polar surface area (TPSA) is 96.0 Å². The molecule has 0 unspecified atom stereocenters. The molecule has 1 heterocycles. The van der Waals surface area contributed by atoms with E-state index in [0.29, 0.717) is 11.5 Å². The zero-order valence-corrected chi connectivity index (χ0v) is 14.4. The maximum atomic E-state index is 12.0. The Morgan fingerprint density at radius 3 is 2.39 bits per heavy atom. The molecule has 0 spiro atoms. The summed E-state index contributed by atoms with van der Waals surface area (Å²) in [6.07, 6.45) is 3.76. The molecule has 0 aliphatic heterocycles. The second-order valence-corrected chi connectivity index (χ2v) is 7.76. The van der Waals surface area contributed by atoms with Gasteiger partial charge in [0.05, 0.1) is 12.1 Å². The minimum Gasteiger partial charge on any atom is -0.334 e. The summed E-state index contributed by atoms with van der Waals surface area (Å²) < 4.78 is 1.46. The Balaban J connectivity index is 2.07. The van der Waals surface area contributed by atoms with Gasteiger partial charge in [0.2, 0.25) is 0 Å². The third-order valence-electron chi connectivity index (χ3n) is 4.21. The van der Waals surface area contributed by atoms with Crippen molar-refractivity contribution in [1.29, 1.82) is 0 Å². The lowest BCUT2D eigenvalue weighted by atomic mass is 9.99. The lowest BCUT2D eigenvalue weighted by molar-refractivity contribution is 0.225. The van der Waals surface area contributed by atoms with E-state index in [0.717, 1.165) is 12.8 Å². The quantitative estimate of drug-likeness (QED) is 0.779. The Hall–Kier alpha value is -2.05. The predicted octanol–water partition coefficient (Wildman–Crippen LogP) is 1.28. The van der Waals surface area contributed by atoms with E-state index in [9.17, 15) is 14.4 Å². The number of carbonyl (C=O) groups excluding carboxylic acids is 1. The summed E-state index contributed by atoms with van der Waals surface area (Å²) in [5.74, 6) is 0.513. The van der Waals surface area contributed by atoms with Crippen molar-refractivity contribution in [2.75, 3.05) is 0 Å².